The average Bonchev–Trinajstić information content (AvgIpc) is 2.78. The minimum absolute atomic E-state index is 0.00155. The summed E-state index contributed by atoms with van der Waals surface area (Å²) in [7, 11) is 3.52. The number of aliphatic imine (C=N–C) groups is 1. The molecule has 0 aliphatic carbocycles. The van der Waals surface area contributed by atoms with Gasteiger partial charge in [-0.3, -0.25) is 9.69 Å². The van der Waals surface area contributed by atoms with Crippen LogP contribution in [0.5, 0.6) is 0 Å². The van der Waals surface area contributed by atoms with Gasteiger partial charge in [0.1, 0.15) is 6.54 Å². The van der Waals surface area contributed by atoms with Crippen molar-refractivity contribution >= 4 is 11.9 Å². The molecule has 1 aromatic rings. The van der Waals surface area contributed by atoms with Crippen molar-refractivity contribution in [2.24, 2.45) is 4.99 Å². The summed E-state index contributed by atoms with van der Waals surface area (Å²) in [5, 5.41) is 6.92. The van der Waals surface area contributed by atoms with E-state index in [1.54, 1.807) is 19.0 Å². The number of rotatable bonds is 12. The summed E-state index contributed by atoms with van der Waals surface area (Å²) >= 11 is 0. The third kappa shape index (κ3) is 10.6. The standard InChI is InChI=1S/C24H41N5O2/c1-4-5-17-31-18-9-14-25-24(26-19-23(30)28(2)3)27-22-12-15-29(16-13-22)20-21-10-7-6-8-11-21/h6-8,10-11,22H,4-5,9,12-20H2,1-3H3,(H2,25,26,27). The molecule has 1 aliphatic rings. The van der Waals surface area contributed by atoms with E-state index in [0.29, 0.717) is 6.04 Å². The van der Waals surface area contributed by atoms with E-state index in [9.17, 15) is 4.79 Å². The number of likely N-dealkylation sites (N-methyl/N-ethyl adjacent to an activating group) is 1. The first kappa shape index (κ1) is 25.1. The Bertz CT molecular complexity index is 643. The maximum atomic E-state index is 12.0. The predicted molar refractivity (Wildman–Crippen MR) is 127 cm³/mol. The minimum Gasteiger partial charge on any atom is -0.381 e. The molecule has 31 heavy (non-hydrogen) atoms. The molecular formula is C24H41N5O2. The normalized spacial score (nSPS) is 15.6. The maximum absolute atomic E-state index is 12.0. The molecule has 0 aromatic heterocycles. The summed E-state index contributed by atoms with van der Waals surface area (Å²) in [6, 6.07) is 11.0. The van der Waals surface area contributed by atoms with E-state index in [-0.39, 0.29) is 12.5 Å². The Labute approximate surface area is 188 Å². The van der Waals surface area contributed by atoms with Crippen LogP contribution in [0.1, 0.15) is 44.6 Å². The van der Waals surface area contributed by atoms with Crippen molar-refractivity contribution < 1.29 is 9.53 Å². The Morgan fingerprint density at radius 3 is 2.55 bits per heavy atom. The number of benzene rings is 1. The summed E-state index contributed by atoms with van der Waals surface area (Å²) in [6.07, 6.45) is 5.31. The van der Waals surface area contributed by atoms with Crippen LogP contribution in [0.25, 0.3) is 0 Å². The number of guanidine groups is 1. The number of hydrogen-bond donors (Lipinski definition) is 2. The Hall–Kier alpha value is -2.12. The molecule has 1 saturated heterocycles. The van der Waals surface area contributed by atoms with Crippen molar-refractivity contribution in [2.75, 3.05) is 53.5 Å². The van der Waals surface area contributed by atoms with Crippen molar-refractivity contribution in [1.82, 2.24) is 20.4 Å². The molecule has 1 aliphatic heterocycles. The molecule has 0 saturated carbocycles. The number of hydrogen-bond acceptors (Lipinski definition) is 4. The van der Waals surface area contributed by atoms with Crippen LogP contribution in [0.2, 0.25) is 0 Å². The first-order valence-corrected chi connectivity index (χ1v) is 11.7. The highest BCUT2D eigenvalue weighted by Gasteiger charge is 2.20. The van der Waals surface area contributed by atoms with E-state index in [0.717, 1.165) is 77.5 Å². The highest BCUT2D eigenvalue weighted by Crippen LogP contribution is 2.13. The van der Waals surface area contributed by atoms with E-state index in [1.165, 1.54) is 5.56 Å². The molecule has 1 heterocycles. The van der Waals surface area contributed by atoms with E-state index in [4.69, 9.17) is 4.74 Å². The molecule has 7 nitrogen and oxygen atoms in total. The van der Waals surface area contributed by atoms with E-state index in [1.807, 2.05) is 0 Å². The van der Waals surface area contributed by atoms with Gasteiger partial charge < -0.3 is 20.3 Å². The summed E-state index contributed by atoms with van der Waals surface area (Å²) in [5.74, 6) is 0.729. The van der Waals surface area contributed by atoms with Crippen molar-refractivity contribution in [3.63, 3.8) is 0 Å². The van der Waals surface area contributed by atoms with Crippen LogP contribution in [0.15, 0.2) is 35.3 Å². The van der Waals surface area contributed by atoms with Gasteiger partial charge in [-0.05, 0) is 31.2 Å². The lowest BCUT2D eigenvalue weighted by Gasteiger charge is -2.33. The Kier molecular flexibility index (Phi) is 12.0. The third-order valence-electron chi connectivity index (χ3n) is 5.45. The fraction of sp³-hybridized carbons (Fsp3) is 0.667. The van der Waals surface area contributed by atoms with Gasteiger partial charge in [-0.1, -0.05) is 43.7 Å². The van der Waals surface area contributed by atoms with E-state index in [2.05, 4.69) is 57.8 Å². The Morgan fingerprint density at radius 2 is 1.87 bits per heavy atom. The van der Waals surface area contributed by atoms with Crippen LogP contribution in [0.4, 0.5) is 0 Å². The largest absolute Gasteiger partial charge is 0.381 e. The van der Waals surface area contributed by atoms with Gasteiger partial charge in [-0.25, -0.2) is 4.99 Å². The fourth-order valence-corrected chi connectivity index (χ4v) is 3.44. The topological polar surface area (TPSA) is 69.2 Å². The first-order chi connectivity index (χ1) is 15.1. The van der Waals surface area contributed by atoms with Gasteiger partial charge in [-0.15, -0.1) is 0 Å². The monoisotopic (exact) mass is 431 g/mol. The lowest BCUT2D eigenvalue weighted by Crippen LogP contribution is -2.49. The summed E-state index contributed by atoms with van der Waals surface area (Å²) in [6.45, 7) is 7.79. The van der Waals surface area contributed by atoms with Crippen molar-refractivity contribution in [3.05, 3.63) is 35.9 Å². The number of likely N-dealkylation sites (tertiary alicyclic amines) is 1. The van der Waals surface area contributed by atoms with Crippen LogP contribution in [-0.4, -0.2) is 81.2 Å². The summed E-state index contributed by atoms with van der Waals surface area (Å²) in [5.41, 5.74) is 1.36. The fourth-order valence-electron chi connectivity index (χ4n) is 3.44. The molecule has 0 radical (unpaired) electrons. The molecule has 1 amide bonds. The van der Waals surface area contributed by atoms with Gasteiger partial charge >= 0.3 is 0 Å². The molecule has 1 aromatic carbocycles. The van der Waals surface area contributed by atoms with Crippen LogP contribution in [-0.2, 0) is 16.1 Å². The van der Waals surface area contributed by atoms with Crippen molar-refractivity contribution in [3.8, 4) is 0 Å². The molecule has 7 heteroatoms. The highest BCUT2D eigenvalue weighted by molar-refractivity contribution is 5.84. The quantitative estimate of drug-likeness (QED) is 0.302. The number of nitrogens with zero attached hydrogens (tertiary/aromatic N) is 3. The number of nitrogens with one attached hydrogen (secondary N) is 2. The van der Waals surface area contributed by atoms with Gasteiger partial charge in [0.2, 0.25) is 5.91 Å². The zero-order valence-corrected chi connectivity index (χ0v) is 19.6. The number of carbonyl (C=O) groups is 1. The minimum atomic E-state index is 0.00155. The van der Waals surface area contributed by atoms with E-state index >= 15 is 0 Å². The molecule has 0 atom stereocenters. The van der Waals surface area contributed by atoms with Gasteiger partial charge in [0.15, 0.2) is 5.96 Å². The zero-order valence-electron chi connectivity index (χ0n) is 19.6. The zero-order chi connectivity index (χ0) is 22.3. The van der Waals surface area contributed by atoms with Crippen LogP contribution < -0.4 is 10.6 Å². The molecule has 174 valence electrons. The number of piperidine rings is 1. The smallest absolute Gasteiger partial charge is 0.243 e. The van der Waals surface area contributed by atoms with Gasteiger partial charge in [0, 0.05) is 59.5 Å². The van der Waals surface area contributed by atoms with Gasteiger partial charge in [0.05, 0.1) is 0 Å². The number of carbonyl (C=O) groups excluding carboxylic acids is 1. The molecule has 2 N–H and O–H groups in total. The maximum Gasteiger partial charge on any atom is 0.243 e. The summed E-state index contributed by atoms with van der Waals surface area (Å²) in [4.78, 5) is 20.6. The Morgan fingerprint density at radius 1 is 1.16 bits per heavy atom. The van der Waals surface area contributed by atoms with Gasteiger partial charge in [0.25, 0.3) is 0 Å². The van der Waals surface area contributed by atoms with Crippen molar-refractivity contribution in [1.29, 1.82) is 0 Å². The molecular weight excluding hydrogens is 390 g/mol. The molecule has 0 spiro atoms. The Balaban J connectivity index is 1.77. The molecule has 0 unspecified atom stereocenters. The number of ether oxygens (including phenoxy) is 1. The van der Waals surface area contributed by atoms with Gasteiger partial charge in [-0.2, -0.15) is 0 Å². The predicted octanol–water partition coefficient (Wildman–Crippen LogP) is 2.48. The SMILES string of the molecule is CCCCOCCCNC(=NCC(=O)N(C)C)NC1CCN(Cc2ccccc2)CC1. The highest BCUT2D eigenvalue weighted by atomic mass is 16.5. The first-order valence-electron chi connectivity index (χ1n) is 11.7. The van der Waals surface area contributed by atoms with Crippen LogP contribution in [0.3, 0.4) is 0 Å². The van der Waals surface area contributed by atoms with Crippen LogP contribution >= 0.6 is 0 Å². The van der Waals surface area contributed by atoms with Crippen LogP contribution in [0, 0.1) is 0 Å². The lowest BCUT2D eigenvalue weighted by atomic mass is 10.0. The van der Waals surface area contributed by atoms with E-state index < -0.39 is 0 Å². The molecule has 1 fully saturated rings. The second-order valence-corrected chi connectivity index (χ2v) is 8.38. The average molecular weight is 432 g/mol. The summed E-state index contributed by atoms with van der Waals surface area (Å²) < 4.78 is 5.63. The molecule has 2 rings (SSSR count). The second-order valence-electron chi connectivity index (χ2n) is 8.38. The number of amides is 1. The third-order valence-corrected chi connectivity index (χ3v) is 5.45. The molecule has 0 bridgehead atoms. The number of unbranched alkanes of at least 4 members (excludes halogenated alkanes) is 1. The van der Waals surface area contributed by atoms with Crippen molar-refractivity contribution in [2.45, 2.75) is 51.6 Å². The second kappa shape index (κ2) is 14.8. The lowest BCUT2D eigenvalue weighted by molar-refractivity contribution is -0.127.